The molecule has 0 amide bonds. The molecule has 0 aromatic carbocycles. The number of rotatable bonds is 4. The topological polar surface area (TPSA) is 29.9 Å². The molecule has 0 saturated carbocycles. The van der Waals surface area contributed by atoms with Crippen molar-refractivity contribution >= 4 is 27.3 Å². The Morgan fingerprint density at radius 2 is 2.38 bits per heavy atom. The molecule has 0 aliphatic rings. The third-order valence-electron chi connectivity index (χ3n) is 2.51. The zero-order valence-corrected chi connectivity index (χ0v) is 11.7. The fourth-order valence-corrected chi connectivity index (χ4v) is 3.26. The van der Waals surface area contributed by atoms with Crippen molar-refractivity contribution in [3.05, 3.63) is 39.0 Å². The van der Waals surface area contributed by atoms with Crippen LogP contribution in [0.4, 0.5) is 0 Å². The zero-order chi connectivity index (χ0) is 11.5. The molecule has 1 unspecified atom stereocenters. The van der Waals surface area contributed by atoms with Gasteiger partial charge in [0.2, 0.25) is 0 Å². The van der Waals surface area contributed by atoms with Crippen molar-refractivity contribution < 1.29 is 0 Å². The van der Waals surface area contributed by atoms with E-state index in [9.17, 15) is 0 Å². The molecule has 0 aliphatic carbocycles. The average molecular weight is 300 g/mol. The van der Waals surface area contributed by atoms with Crippen LogP contribution < -0.4 is 5.32 Å². The van der Waals surface area contributed by atoms with Crippen LogP contribution in [0.15, 0.2) is 28.3 Å². The highest BCUT2D eigenvalue weighted by molar-refractivity contribution is 9.11. The van der Waals surface area contributed by atoms with Crippen LogP contribution in [-0.2, 0) is 6.54 Å². The van der Waals surface area contributed by atoms with Crippen molar-refractivity contribution in [2.45, 2.75) is 19.5 Å². The molecule has 2 heterocycles. The van der Waals surface area contributed by atoms with Crippen molar-refractivity contribution in [1.82, 2.24) is 14.9 Å². The molecule has 0 radical (unpaired) electrons. The number of hydrogen-bond donors (Lipinski definition) is 1. The normalized spacial score (nSPS) is 12.9. The molecule has 0 fully saturated rings. The summed E-state index contributed by atoms with van der Waals surface area (Å²) in [6, 6.07) is 4.37. The van der Waals surface area contributed by atoms with Crippen LogP contribution in [0.3, 0.4) is 0 Å². The van der Waals surface area contributed by atoms with Crippen LogP contribution in [0.2, 0.25) is 0 Å². The maximum Gasteiger partial charge on any atom is 0.131 e. The predicted molar refractivity (Wildman–Crippen MR) is 70.8 cm³/mol. The predicted octanol–water partition coefficient (Wildman–Crippen LogP) is 3.04. The first-order valence-electron chi connectivity index (χ1n) is 5.19. The van der Waals surface area contributed by atoms with E-state index in [1.807, 2.05) is 19.4 Å². The van der Waals surface area contributed by atoms with Crippen molar-refractivity contribution in [2.24, 2.45) is 0 Å². The maximum absolute atomic E-state index is 4.44. The van der Waals surface area contributed by atoms with Crippen LogP contribution >= 0.6 is 27.3 Å². The number of halogens is 1. The van der Waals surface area contributed by atoms with E-state index in [1.165, 1.54) is 4.88 Å². The van der Waals surface area contributed by atoms with Gasteiger partial charge in [-0.25, -0.2) is 4.98 Å². The Balaban J connectivity index is 2.36. The molecule has 2 rings (SSSR count). The van der Waals surface area contributed by atoms with Gasteiger partial charge in [0, 0.05) is 23.8 Å². The third-order valence-corrected chi connectivity index (χ3v) is 4.20. The molecule has 2 aromatic heterocycles. The minimum Gasteiger partial charge on any atom is -0.334 e. The summed E-state index contributed by atoms with van der Waals surface area (Å²) in [4.78, 5) is 5.71. The highest BCUT2D eigenvalue weighted by Crippen LogP contribution is 2.30. The van der Waals surface area contributed by atoms with E-state index in [1.54, 1.807) is 11.3 Å². The van der Waals surface area contributed by atoms with Gasteiger partial charge < -0.3 is 9.88 Å². The van der Waals surface area contributed by atoms with E-state index in [-0.39, 0.29) is 6.04 Å². The quantitative estimate of drug-likeness (QED) is 0.940. The molecule has 3 nitrogen and oxygen atoms in total. The van der Waals surface area contributed by atoms with E-state index >= 15 is 0 Å². The van der Waals surface area contributed by atoms with Crippen molar-refractivity contribution in [3.63, 3.8) is 0 Å². The number of nitrogens with zero attached hydrogens (tertiary/aromatic N) is 2. The van der Waals surface area contributed by atoms with Gasteiger partial charge in [0.15, 0.2) is 0 Å². The van der Waals surface area contributed by atoms with Crippen LogP contribution in [0, 0.1) is 0 Å². The highest BCUT2D eigenvalue weighted by Gasteiger charge is 2.18. The van der Waals surface area contributed by atoms with Crippen molar-refractivity contribution in [2.75, 3.05) is 7.05 Å². The van der Waals surface area contributed by atoms with Crippen molar-refractivity contribution in [1.29, 1.82) is 0 Å². The van der Waals surface area contributed by atoms with Gasteiger partial charge in [-0.1, -0.05) is 0 Å². The van der Waals surface area contributed by atoms with Crippen LogP contribution in [0.5, 0.6) is 0 Å². The van der Waals surface area contributed by atoms with Gasteiger partial charge in [-0.2, -0.15) is 0 Å². The first-order chi connectivity index (χ1) is 7.76. The Labute approximate surface area is 108 Å². The van der Waals surface area contributed by atoms with Gasteiger partial charge in [-0.05, 0) is 42.0 Å². The summed E-state index contributed by atoms with van der Waals surface area (Å²) in [6.07, 6.45) is 3.87. The monoisotopic (exact) mass is 299 g/mol. The highest BCUT2D eigenvalue weighted by atomic mass is 79.9. The molecular formula is C11H14BrN3S. The fraction of sp³-hybridized carbons (Fsp3) is 0.364. The van der Waals surface area contributed by atoms with Gasteiger partial charge in [-0.3, -0.25) is 0 Å². The van der Waals surface area contributed by atoms with E-state index in [4.69, 9.17) is 0 Å². The summed E-state index contributed by atoms with van der Waals surface area (Å²) < 4.78 is 3.31. The molecule has 16 heavy (non-hydrogen) atoms. The molecule has 5 heteroatoms. The molecule has 86 valence electrons. The zero-order valence-electron chi connectivity index (χ0n) is 9.27. The standard InChI is InChI=1S/C11H14BrN3S/c1-3-15-7-6-14-11(15)10(13-2)8-4-5-9(12)16-8/h4-7,10,13H,3H2,1-2H3. The Hall–Kier alpha value is -0.650. The minimum atomic E-state index is 0.172. The van der Waals surface area contributed by atoms with Gasteiger partial charge in [0.1, 0.15) is 11.9 Å². The lowest BCUT2D eigenvalue weighted by atomic mass is 10.2. The molecule has 1 N–H and O–H groups in total. The Kier molecular flexibility index (Phi) is 3.78. The smallest absolute Gasteiger partial charge is 0.131 e. The summed E-state index contributed by atoms with van der Waals surface area (Å²) in [5, 5.41) is 3.32. The molecular weight excluding hydrogens is 286 g/mol. The lowest BCUT2D eigenvalue weighted by Crippen LogP contribution is -2.20. The summed E-state index contributed by atoms with van der Waals surface area (Å²) in [6.45, 7) is 3.07. The van der Waals surface area contributed by atoms with E-state index in [0.29, 0.717) is 0 Å². The van der Waals surface area contributed by atoms with E-state index < -0.39 is 0 Å². The number of hydrogen-bond acceptors (Lipinski definition) is 3. The Morgan fingerprint density at radius 3 is 2.94 bits per heavy atom. The molecule has 2 aromatic rings. The molecule has 1 atom stereocenters. The average Bonchev–Trinajstić information content (AvgIpc) is 2.89. The summed E-state index contributed by atoms with van der Waals surface area (Å²) in [5.41, 5.74) is 0. The summed E-state index contributed by atoms with van der Waals surface area (Å²) in [7, 11) is 1.97. The van der Waals surface area contributed by atoms with Crippen LogP contribution in [0.1, 0.15) is 23.7 Å². The molecule has 0 aliphatic heterocycles. The molecule has 0 saturated heterocycles. The summed E-state index contributed by atoms with van der Waals surface area (Å²) in [5.74, 6) is 1.07. The molecule has 0 bridgehead atoms. The number of aromatic nitrogens is 2. The lowest BCUT2D eigenvalue weighted by molar-refractivity contribution is 0.597. The number of imidazole rings is 1. The first-order valence-corrected chi connectivity index (χ1v) is 6.80. The van der Waals surface area contributed by atoms with Gasteiger partial charge in [0.25, 0.3) is 0 Å². The van der Waals surface area contributed by atoms with E-state index in [2.05, 4.69) is 49.9 Å². The fourth-order valence-electron chi connectivity index (χ4n) is 1.73. The maximum atomic E-state index is 4.44. The lowest BCUT2D eigenvalue weighted by Gasteiger charge is -2.15. The minimum absolute atomic E-state index is 0.172. The Bertz CT molecular complexity index is 463. The van der Waals surface area contributed by atoms with Crippen LogP contribution in [0.25, 0.3) is 0 Å². The second kappa shape index (κ2) is 5.12. The van der Waals surface area contributed by atoms with Gasteiger partial charge >= 0.3 is 0 Å². The second-order valence-corrected chi connectivity index (χ2v) is 5.93. The molecule has 0 spiro atoms. The number of thiophene rings is 1. The third kappa shape index (κ3) is 2.21. The van der Waals surface area contributed by atoms with Crippen molar-refractivity contribution in [3.8, 4) is 0 Å². The number of aryl methyl sites for hydroxylation is 1. The number of nitrogens with one attached hydrogen (secondary N) is 1. The van der Waals surface area contributed by atoms with Crippen LogP contribution in [-0.4, -0.2) is 16.6 Å². The SMILES string of the molecule is CCn1ccnc1C(NC)c1ccc(Br)s1. The van der Waals surface area contributed by atoms with E-state index in [0.717, 1.165) is 16.2 Å². The Morgan fingerprint density at radius 1 is 1.56 bits per heavy atom. The largest absolute Gasteiger partial charge is 0.334 e. The second-order valence-electron chi connectivity index (χ2n) is 3.44. The summed E-state index contributed by atoms with van der Waals surface area (Å²) >= 11 is 5.23. The van der Waals surface area contributed by atoms with Gasteiger partial charge in [-0.15, -0.1) is 11.3 Å². The first kappa shape index (κ1) is 11.8. The van der Waals surface area contributed by atoms with Gasteiger partial charge in [0.05, 0.1) is 3.79 Å².